The molecule has 1 heterocycles. The second-order valence-corrected chi connectivity index (χ2v) is 5.44. The molecule has 2 N–H and O–H groups in total. The Morgan fingerprint density at radius 2 is 2.10 bits per heavy atom. The van der Waals surface area contributed by atoms with Crippen LogP contribution in [0.1, 0.15) is 24.8 Å². The molecule has 0 saturated heterocycles. The van der Waals surface area contributed by atoms with Crippen LogP contribution in [-0.2, 0) is 16.0 Å². The first-order valence-corrected chi connectivity index (χ1v) is 7.56. The second-order valence-electron chi connectivity index (χ2n) is 4.32. The number of aromatic nitrogens is 1. The highest BCUT2D eigenvalue weighted by atomic mass is 32.1. The number of aryl methyl sites for hydroxylation is 1. The number of ether oxygens (including phenoxy) is 1. The van der Waals surface area contributed by atoms with Crippen molar-refractivity contribution in [1.29, 1.82) is 0 Å². The Morgan fingerprint density at radius 1 is 1.29 bits per heavy atom. The Balaban J connectivity index is 1.71. The van der Waals surface area contributed by atoms with Gasteiger partial charge in [-0.15, -0.1) is 11.3 Å². The first-order chi connectivity index (χ1) is 10.2. The Bertz CT molecular complexity index is 594. The number of benzene rings is 1. The lowest BCUT2D eigenvalue weighted by atomic mass is 10.2. The van der Waals surface area contributed by atoms with E-state index in [2.05, 4.69) is 20.6 Å². The number of hydrogen-bond donors (Lipinski definition) is 2. The van der Waals surface area contributed by atoms with Gasteiger partial charge in [0.1, 0.15) is 0 Å². The Labute approximate surface area is 126 Å². The third kappa shape index (κ3) is 4.71. The fraction of sp³-hybridized carbons (Fsp3) is 0.357. The summed E-state index contributed by atoms with van der Waals surface area (Å²) in [7, 11) is 0. The molecule has 0 aliphatic carbocycles. The number of hydrogen-bond acceptors (Lipinski definition) is 5. The van der Waals surface area contributed by atoms with Crippen molar-refractivity contribution in [3.05, 3.63) is 29.3 Å². The number of amides is 2. The van der Waals surface area contributed by atoms with Crippen LogP contribution < -0.4 is 10.9 Å². The molecule has 0 radical (unpaired) electrons. The molecule has 2 rings (SSSR count). The summed E-state index contributed by atoms with van der Waals surface area (Å²) in [5.74, 6) is -0.246. The summed E-state index contributed by atoms with van der Waals surface area (Å²) in [5.41, 5.74) is 5.47. The van der Waals surface area contributed by atoms with E-state index in [9.17, 15) is 9.59 Å². The second kappa shape index (κ2) is 7.58. The predicted octanol–water partition coefficient (Wildman–Crippen LogP) is 2.40. The molecule has 0 aliphatic heterocycles. The van der Waals surface area contributed by atoms with Gasteiger partial charge >= 0.3 is 6.09 Å². The minimum Gasteiger partial charge on any atom is -0.449 e. The zero-order valence-electron chi connectivity index (χ0n) is 11.7. The molecule has 0 bridgehead atoms. The average Bonchev–Trinajstić information content (AvgIpc) is 2.88. The van der Waals surface area contributed by atoms with E-state index < -0.39 is 6.09 Å². The summed E-state index contributed by atoms with van der Waals surface area (Å²) in [4.78, 5) is 27.0. The molecular weight excluding hydrogens is 290 g/mol. The maximum Gasteiger partial charge on any atom is 0.426 e. The molecule has 0 fully saturated rings. The van der Waals surface area contributed by atoms with Gasteiger partial charge in [0, 0.05) is 6.42 Å². The standard InChI is InChI=1S/C14H17N3O3S/c1-2-20-14(19)17-16-12(18)8-5-9-13-15-10-6-3-4-7-11(10)21-13/h3-4,6-7H,2,5,8-9H2,1H3,(H,16,18)(H,17,19). The molecule has 0 spiro atoms. The van der Waals surface area contributed by atoms with Crippen molar-refractivity contribution in [2.24, 2.45) is 0 Å². The molecule has 7 heteroatoms. The first-order valence-electron chi connectivity index (χ1n) is 6.75. The van der Waals surface area contributed by atoms with Crippen molar-refractivity contribution in [2.45, 2.75) is 26.2 Å². The first kappa shape index (κ1) is 15.2. The molecule has 0 unspecified atom stereocenters. The molecular formula is C14H17N3O3S. The average molecular weight is 307 g/mol. The van der Waals surface area contributed by atoms with Gasteiger partial charge in [0.05, 0.1) is 21.8 Å². The number of hydrazine groups is 1. The van der Waals surface area contributed by atoms with Crippen molar-refractivity contribution < 1.29 is 14.3 Å². The maximum absolute atomic E-state index is 11.5. The number of nitrogens with zero attached hydrogens (tertiary/aromatic N) is 1. The van der Waals surface area contributed by atoms with Gasteiger partial charge in [0.2, 0.25) is 5.91 Å². The van der Waals surface area contributed by atoms with E-state index >= 15 is 0 Å². The molecule has 112 valence electrons. The number of rotatable bonds is 5. The van der Waals surface area contributed by atoms with Crippen molar-refractivity contribution in [3.63, 3.8) is 0 Å². The molecule has 0 aliphatic rings. The van der Waals surface area contributed by atoms with Crippen LogP contribution in [0.15, 0.2) is 24.3 Å². The van der Waals surface area contributed by atoms with Gasteiger partial charge in [0.25, 0.3) is 0 Å². The van der Waals surface area contributed by atoms with Gasteiger partial charge in [-0.05, 0) is 31.9 Å². The molecule has 2 aromatic rings. The number of carbonyl (C=O) groups is 2. The number of para-hydroxylation sites is 1. The van der Waals surface area contributed by atoms with Gasteiger partial charge < -0.3 is 4.74 Å². The van der Waals surface area contributed by atoms with E-state index in [-0.39, 0.29) is 12.5 Å². The summed E-state index contributed by atoms with van der Waals surface area (Å²) in [6.45, 7) is 1.96. The highest BCUT2D eigenvalue weighted by Crippen LogP contribution is 2.22. The summed E-state index contributed by atoms with van der Waals surface area (Å²) in [6, 6.07) is 7.96. The lowest BCUT2D eigenvalue weighted by Crippen LogP contribution is -2.41. The van der Waals surface area contributed by atoms with Gasteiger partial charge in [-0.2, -0.15) is 0 Å². The van der Waals surface area contributed by atoms with E-state index in [4.69, 9.17) is 0 Å². The van der Waals surface area contributed by atoms with E-state index in [1.165, 1.54) is 0 Å². The monoisotopic (exact) mass is 307 g/mol. The predicted molar refractivity (Wildman–Crippen MR) is 80.9 cm³/mol. The molecule has 2 amide bonds. The molecule has 21 heavy (non-hydrogen) atoms. The molecule has 0 saturated carbocycles. The third-order valence-corrected chi connectivity index (χ3v) is 3.81. The van der Waals surface area contributed by atoms with Crippen LogP contribution in [0, 0.1) is 0 Å². The van der Waals surface area contributed by atoms with Gasteiger partial charge in [-0.25, -0.2) is 15.2 Å². The normalized spacial score (nSPS) is 10.3. The lowest BCUT2D eigenvalue weighted by molar-refractivity contribution is -0.122. The van der Waals surface area contributed by atoms with Gasteiger partial charge in [-0.1, -0.05) is 12.1 Å². The molecule has 6 nitrogen and oxygen atoms in total. The Hall–Kier alpha value is -2.15. The van der Waals surface area contributed by atoms with Gasteiger partial charge in [-0.3, -0.25) is 10.2 Å². The van der Waals surface area contributed by atoms with Crippen molar-refractivity contribution in [2.75, 3.05) is 6.61 Å². The summed E-state index contributed by atoms with van der Waals surface area (Å²) in [6.07, 6.45) is 1.09. The van der Waals surface area contributed by atoms with Crippen LogP contribution in [0.25, 0.3) is 10.2 Å². The van der Waals surface area contributed by atoms with E-state index in [0.717, 1.165) is 21.6 Å². The Kier molecular flexibility index (Phi) is 5.51. The third-order valence-electron chi connectivity index (χ3n) is 2.71. The van der Waals surface area contributed by atoms with Gasteiger partial charge in [0.15, 0.2) is 0 Å². The van der Waals surface area contributed by atoms with Crippen LogP contribution in [0.3, 0.4) is 0 Å². The molecule has 1 aromatic heterocycles. The quantitative estimate of drug-likeness (QED) is 0.831. The van der Waals surface area contributed by atoms with Crippen LogP contribution in [0.4, 0.5) is 4.79 Å². The van der Waals surface area contributed by atoms with Crippen LogP contribution in [0.5, 0.6) is 0 Å². The number of nitrogens with one attached hydrogen (secondary N) is 2. The van der Waals surface area contributed by atoms with Crippen molar-refractivity contribution in [3.8, 4) is 0 Å². The lowest BCUT2D eigenvalue weighted by Gasteiger charge is -2.06. The number of fused-ring (bicyclic) bond motifs is 1. The van der Waals surface area contributed by atoms with Crippen LogP contribution >= 0.6 is 11.3 Å². The SMILES string of the molecule is CCOC(=O)NNC(=O)CCCc1nc2ccccc2s1. The molecule has 1 aromatic carbocycles. The van der Waals surface area contributed by atoms with Crippen molar-refractivity contribution >= 4 is 33.6 Å². The van der Waals surface area contributed by atoms with Crippen molar-refractivity contribution in [1.82, 2.24) is 15.8 Å². The van der Waals surface area contributed by atoms with Crippen LogP contribution in [0.2, 0.25) is 0 Å². The minimum atomic E-state index is -0.656. The minimum absolute atomic E-state index is 0.246. The van der Waals surface area contributed by atoms with E-state index in [0.29, 0.717) is 12.8 Å². The fourth-order valence-electron chi connectivity index (χ4n) is 1.78. The zero-order valence-corrected chi connectivity index (χ0v) is 12.5. The Morgan fingerprint density at radius 3 is 2.86 bits per heavy atom. The fourth-order valence-corrected chi connectivity index (χ4v) is 2.79. The summed E-state index contributed by atoms with van der Waals surface area (Å²) in [5, 5.41) is 1.02. The highest BCUT2D eigenvalue weighted by Gasteiger charge is 2.07. The van der Waals surface area contributed by atoms with Crippen LogP contribution in [-0.4, -0.2) is 23.6 Å². The highest BCUT2D eigenvalue weighted by molar-refractivity contribution is 7.18. The largest absolute Gasteiger partial charge is 0.449 e. The van der Waals surface area contributed by atoms with E-state index in [1.54, 1.807) is 18.3 Å². The summed E-state index contributed by atoms with van der Waals surface area (Å²) >= 11 is 1.64. The number of carbonyl (C=O) groups excluding carboxylic acids is 2. The van der Waals surface area contributed by atoms with E-state index in [1.807, 2.05) is 24.3 Å². The number of thiazole rings is 1. The zero-order chi connectivity index (χ0) is 15.1. The maximum atomic E-state index is 11.5. The smallest absolute Gasteiger partial charge is 0.426 e. The summed E-state index contributed by atoms with van der Waals surface area (Å²) < 4.78 is 5.78. The molecule has 0 atom stereocenters. The topological polar surface area (TPSA) is 80.3 Å².